The molecule has 0 saturated carbocycles. The Morgan fingerprint density at radius 2 is 2.78 bits per heavy atom. The lowest BCUT2D eigenvalue weighted by Gasteiger charge is -2.08. The molecular formula is C5H9N3O. The van der Waals surface area contributed by atoms with Crippen molar-refractivity contribution in [3.05, 3.63) is 11.9 Å². The largest absolute Gasteiger partial charge is 0.351 e. The summed E-state index contributed by atoms with van der Waals surface area (Å²) in [6, 6.07) is 0. The van der Waals surface area contributed by atoms with E-state index in [4.69, 9.17) is 0 Å². The fraction of sp³-hybridized carbons (Fsp3) is 0.400. The normalized spacial score (nSPS) is 16.3. The number of nitrogens with one attached hydrogen (secondary N) is 2. The Morgan fingerprint density at radius 3 is 3.33 bits per heavy atom. The first-order valence-electron chi connectivity index (χ1n) is 2.66. The molecular weight excluding hydrogens is 118 g/mol. The van der Waals surface area contributed by atoms with Crippen LogP contribution in [-0.2, 0) is 4.84 Å². The highest BCUT2D eigenvalue weighted by atomic mass is 16.6. The number of hydrogen-bond acceptors (Lipinski definition) is 4. The molecule has 0 bridgehead atoms. The molecule has 0 fully saturated rings. The molecule has 0 aliphatic carbocycles. The third-order valence-electron chi connectivity index (χ3n) is 0.918. The van der Waals surface area contributed by atoms with Crippen molar-refractivity contribution in [3.63, 3.8) is 0 Å². The van der Waals surface area contributed by atoms with E-state index in [-0.39, 0.29) is 0 Å². The molecule has 0 aromatic carbocycles. The SMILES string of the molecule is CONC1=CNC=NC1. The third-order valence-corrected chi connectivity index (χ3v) is 0.918. The summed E-state index contributed by atoms with van der Waals surface area (Å²) in [7, 11) is 1.57. The Kier molecular flexibility index (Phi) is 2.09. The van der Waals surface area contributed by atoms with Gasteiger partial charge >= 0.3 is 0 Å². The van der Waals surface area contributed by atoms with Crippen molar-refractivity contribution in [1.82, 2.24) is 10.8 Å². The van der Waals surface area contributed by atoms with Gasteiger partial charge in [-0.25, -0.2) is 0 Å². The van der Waals surface area contributed by atoms with Gasteiger partial charge in [-0.05, 0) is 0 Å². The highest BCUT2D eigenvalue weighted by Gasteiger charge is 1.94. The highest BCUT2D eigenvalue weighted by molar-refractivity contribution is 5.57. The Labute approximate surface area is 53.6 Å². The van der Waals surface area contributed by atoms with E-state index in [9.17, 15) is 0 Å². The van der Waals surface area contributed by atoms with Crippen LogP contribution in [0.4, 0.5) is 0 Å². The molecule has 0 spiro atoms. The summed E-state index contributed by atoms with van der Waals surface area (Å²) in [6.07, 6.45) is 3.44. The van der Waals surface area contributed by atoms with Gasteiger partial charge in [-0.1, -0.05) is 0 Å². The van der Waals surface area contributed by atoms with E-state index in [2.05, 4.69) is 20.6 Å². The smallest absolute Gasteiger partial charge is 0.0868 e. The van der Waals surface area contributed by atoms with Crippen molar-refractivity contribution in [2.45, 2.75) is 0 Å². The predicted molar refractivity (Wildman–Crippen MR) is 34.7 cm³/mol. The second-order valence-electron chi connectivity index (χ2n) is 1.61. The van der Waals surface area contributed by atoms with Crippen molar-refractivity contribution in [1.29, 1.82) is 0 Å². The zero-order valence-corrected chi connectivity index (χ0v) is 5.22. The van der Waals surface area contributed by atoms with E-state index in [0.29, 0.717) is 6.54 Å². The topological polar surface area (TPSA) is 45.6 Å². The van der Waals surface area contributed by atoms with Gasteiger partial charge in [0, 0.05) is 6.20 Å². The van der Waals surface area contributed by atoms with Gasteiger partial charge in [0.05, 0.1) is 25.7 Å². The summed E-state index contributed by atoms with van der Waals surface area (Å²) < 4.78 is 0. The maximum absolute atomic E-state index is 4.65. The molecule has 1 aliphatic rings. The van der Waals surface area contributed by atoms with Gasteiger partial charge in [0.2, 0.25) is 0 Å². The molecule has 1 aliphatic heterocycles. The fourth-order valence-corrected chi connectivity index (χ4v) is 0.573. The Balaban J connectivity index is 2.32. The van der Waals surface area contributed by atoms with Crippen LogP contribution in [0.2, 0.25) is 0 Å². The summed E-state index contributed by atoms with van der Waals surface area (Å²) in [5.74, 6) is 0. The van der Waals surface area contributed by atoms with Crippen LogP contribution in [0.15, 0.2) is 16.9 Å². The lowest BCUT2D eigenvalue weighted by atomic mass is 10.5. The Hall–Kier alpha value is -1.03. The van der Waals surface area contributed by atoms with Crippen molar-refractivity contribution in [2.24, 2.45) is 4.99 Å². The van der Waals surface area contributed by atoms with E-state index < -0.39 is 0 Å². The van der Waals surface area contributed by atoms with Gasteiger partial charge in [0.1, 0.15) is 0 Å². The minimum absolute atomic E-state index is 0.654. The average Bonchev–Trinajstić information content (AvgIpc) is 1.91. The number of hydroxylamine groups is 1. The molecule has 0 radical (unpaired) electrons. The maximum Gasteiger partial charge on any atom is 0.0868 e. The monoisotopic (exact) mass is 127 g/mol. The number of rotatable bonds is 2. The minimum Gasteiger partial charge on any atom is -0.351 e. The molecule has 50 valence electrons. The van der Waals surface area contributed by atoms with Gasteiger partial charge in [-0.2, -0.15) is 0 Å². The van der Waals surface area contributed by atoms with E-state index >= 15 is 0 Å². The Morgan fingerprint density at radius 1 is 1.89 bits per heavy atom. The van der Waals surface area contributed by atoms with E-state index in [1.807, 2.05) is 0 Å². The van der Waals surface area contributed by atoms with Crippen LogP contribution in [0.3, 0.4) is 0 Å². The van der Waals surface area contributed by atoms with Crippen LogP contribution >= 0.6 is 0 Å². The lowest BCUT2D eigenvalue weighted by Crippen LogP contribution is -2.20. The molecule has 9 heavy (non-hydrogen) atoms. The van der Waals surface area contributed by atoms with Gasteiger partial charge in [0.25, 0.3) is 0 Å². The van der Waals surface area contributed by atoms with E-state index in [0.717, 1.165) is 5.70 Å². The van der Waals surface area contributed by atoms with Gasteiger partial charge in [0.15, 0.2) is 0 Å². The first-order valence-corrected chi connectivity index (χ1v) is 2.66. The molecule has 0 amide bonds. The van der Waals surface area contributed by atoms with Gasteiger partial charge in [-0.3, -0.25) is 15.3 Å². The first kappa shape index (κ1) is 6.10. The van der Waals surface area contributed by atoms with Crippen LogP contribution in [-0.4, -0.2) is 20.0 Å². The van der Waals surface area contributed by atoms with Crippen molar-refractivity contribution >= 4 is 6.34 Å². The molecule has 2 N–H and O–H groups in total. The zero-order valence-electron chi connectivity index (χ0n) is 5.22. The molecule has 0 aromatic heterocycles. The van der Waals surface area contributed by atoms with Crippen LogP contribution in [0.25, 0.3) is 0 Å². The van der Waals surface area contributed by atoms with Crippen LogP contribution in [0, 0.1) is 0 Å². The molecule has 1 rings (SSSR count). The molecule has 4 nitrogen and oxygen atoms in total. The van der Waals surface area contributed by atoms with Crippen LogP contribution in [0.1, 0.15) is 0 Å². The number of hydrogen-bond donors (Lipinski definition) is 2. The van der Waals surface area contributed by atoms with Crippen LogP contribution in [0.5, 0.6) is 0 Å². The number of nitrogens with zero attached hydrogens (tertiary/aromatic N) is 1. The summed E-state index contributed by atoms with van der Waals surface area (Å²) in [5, 5.41) is 2.82. The average molecular weight is 127 g/mol. The quantitative estimate of drug-likeness (QED) is 0.496. The van der Waals surface area contributed by atoms with E-state index in [1.54, 1.807) is 19.6 Å². The van der Waals surface area contributed by atoms with Crippen LogP contribution < -0.4 is 10.8 Å². The molecule has 4 heteroatoms. The molecule has 0 saturated heterocycles. The fourth-order valence-electron chi connectivity index (χ4n) is 0.573. The third kappa shape index (κ3) is 1.73. The predicted octanol–water partition coefficient (Wildman–Crippen LogP) is -0.390. The minimum atomic E-state index is 0.654. The molecule has 1 heterocycles. The van der Waals surface area contributed by atoms with E-state index in [1.165, 1.54) is 0 Å². The molecule has 0 aromatic rings. The summed E-state index contributed by atoms with van der Waals surface area (Å²) in [5.41, 5.74) is 3.60. The highest BCUT2D eigenvalue weighted by Crippen LogP contribution is 1.89. The van der Waals surface area contributed by atoms with Gasteiger partial charge in [-0.15, -0.1) is 0 Å². The second-order valence-corrected chi connectivity index (χ2v) is 1.61. The van der Waals surface area contributed by atoms with Crippen molar-refractivity contribution in [2.75, 3.05) is 13.7 Å². The summed E-state index contributed by atoms with van der Waals surface area (Å²) >= 11 is 0. The standard InChI is InChI=1S/C5H9N3O/c1-9-8-5-2-6-4-7-3-5/h2,4,8H,3H2,1H3,(H,6,7). The first-order chi connectivity index (χ1) is 4.43. The van der Waals surface area contributed by atoms with Crippen molar-refractivity contribution < 1.29 is 4.84 Å². The summed E-state index contributed by atoms with van der Waals surface area (Å²) in [6.45, 7) is 0.654. The van der Waals surface area contributed by atoms with Gasteiger partial charge < -0.3 is 5.32 Å². The zero-order chi connectivity index (χ0) is 6.53. The lowest BCUT2D eigenvalue weighted by molar-refractivity contribution is 0.116. The second kappa shape index (κ2) is 3.09. The number of aliphatic imine (C=N–C) groups is 1. The Bertz CT molecular complexity index is 141. The molecule has 0 atom stereocenters. The molecule has 0 unspecified atom stereocenters. The van der Waals surface area contributed by atoms with Crippen molar-refractivity contribution in [3.8, 4) is 0 Å². The summed E-state index contributed by atoms with van der Waals surface area (Å²) in [4.78, 5) is 8.58. The maximum atomic E-state index is 4.65.